The summed E-state index contributed by atoms with van der Waals surface area (Å²) in [7, 11) is 0. The number of fused-ring (bicyclic) bond motifs is 5. The average Bonchev–Trinajstić information content (AvgIpc) is 3.65. The average molecular weight is 668 g/mol. The van der Waals surface area contributed by atoms with Gasteiger partial charge >= 0.3 is 0 Å². The maximum Gasteiger partial charge on any atom is 0.165 e. The van der Waals surface area contributed by atoms with E-state index in [1.54, 1.807) is 11.3 Å². The van der Waals surface area contributed by atoms with Crippen LogP contribution in [0.1, 0.15) is 0 Å². The van der Waals surface area contributed by atoms with Crippen molar-refractivity contribution in [1.82, 2.24) is 15.0 Å². The molecule has 51 heavy (non-hydrogen) atoms. The van der Waals surface area contributed by atoms with E-state index in [2.05, 4.69) is 170 Å². The fourth-order valence-electron chi connectivity index (χ4n) is 7.34. The molecule has 0 N–H and O–H groups in total. The summed E-state index contributed by atoms with van der Waals surface area (Å²) < 4.78 is 1.26. The molecule has 0 bridgehead atoms. The molecule has 0 radical (unpaired) electrons. The topological polar surface area (TPSA) is 38.7 Å². The highest BCUT2D eigenvalue weighted by molar-refractivity contribution is 7.22. The largest absolute Gasteiger partial charge is 0.208 e. The smallest absolute Gasteiger partial charge is 0.165 e. The molecule has 0 aliphatic carbocycles. The zero-order chi connectivity index (χ0) is 33.7. The van der Waals surface area contributed by atoms with Crippen LogP contribution in [-0.2, 0) is 0 Å². The Morgan fingerprint density at radius 3 is 1.67 bits per heavy atom. The van der Waals surface area contributed by atoms with Gasteiger partial charge in [-0.05, 0) is 67.0 Å². The molecular weight excluding hydrogens is 639 g/mol. The Morgan fingerprint density at radius 2 is 0.902 bits per heavy atom. The minimum Gasteiger partial charge on any atom is -0.208 e. The van der Waals surface area contributed by atoms with Gasteiger partial charge in [0.2, 0.25) is 0 Å². The zero-order valence-corrected chi connectivity index (χ0v) is 28.3. The number of hydrogen-bond donors (Lipinski definition) is 0. The molecule has 238 valence electrons. The molecule has 0 spiro atoms. The van der Waals surface area contributed by atoms with Gasteiger partial charge in [0.1, 0.15) is 0 Å². The predicted octanol–water partition coefficient (Wildman–Crippen LogP) is 12.9. The number of aromatic nitrogens is 3. The molecule has 10 aromatic rings. The Balaban J connectivity index is 1.30. The monoisotopic (exact) mass is 667 g/mol. The first-order valence-corrected chi connectivity index (χ1v) is 17.9. The lowest BCUT2D eigenvalue weighted by molar-refractivity contribution is 1.08. The van der Waals surface area contributed by atoms with E-state index >= 15 is 0 Å². The van der Waals surface area contributed by atoms with Crippen molar-refractivity contribution >= 4 is 53.7 Å². The van der Waals surface area contributed by atoms with Crippen molar-refractivity contribution in [3.05, 3.63) is 176 Å². The first-order valence-electron chi connectivity index (χ1n) is 17.1. The third kappa shape index (κ3) is 5.08. The Labute approximate surface area is 299 Å². The van der Waals surface area contributed by atoms with Gasteiger partial charge in [-0.15, -0.1) is 11.3 Å². The van der Waals surface area contributed by atoms with Gasteiger partial charge in [0, 0.05) is 31.8 Å². The van der Waals surface area contributed by atoms with Crippen LogP contribution in [0.5, 0.6) is 0 Å². The highest BCUT2D eigenvalue weighted by Crippen LogP contribution is 2.42. The molecule has 0 aliphatic rings. The van der Waals surface area contributed by atoms with Gasteiger partial charge in [-0.25, -0.2) is 15.0 Å². The standard InChI is InChI=1S/C47H29N3S/c1-2-14-30(15-3-1)34-19-9-11-23-39(34)45-48-46(40-24-12-10-22-37(40)43-29-33-18-6-13-25-42(33)51-43)50-47(49-45)44-36-21-8-5-17-32(36)28-41-35-20-7-4-16-31(35)26-27-38(41)44/h1-29H. The van der Waals surface area contributed by atoms with E-state index in [1.807, 2.05) is 6.07 Å². The molecule has 0 unspecified atom stereocenters. The second kappa shape index (κ2) is 12.1. The fraction of sp³-hybridized carbons (Fsp3) is 0. The number of benzene rings is 8. The molecule has 0 fully saturated rings. The molecule has 0 saturated carbocycles. The Bertz CT molecular complexity index is 2890. The molecule has 2 aromatic heterocycles. The molecule has 8 aromatic carbocycles. The normalized spacial score (nSPS) is 11.5. The Morgan fingerprint density at radius 1 is 0.333 bits per heavy atom. The van der Waals surface area contributed by atoms with Crippen molar-refractivity contribution in [1.29, 1.82) is 0 Å². The Kier molecular flexibility index (Phi) is 7.00. The van der Waals surface area contributed by atoms with Crippen molar-refractivity contribution in [3.8, 4) is 55.7 Å². The maximum absolute atomic E-state index is 5.40. The summed E-state index contributed by atoms with van der Waals surface area (Å²) in [4.78, 5) is 17.3. The second-order valence-corrected chi connectivity index (χ2v) is 13.9. The van der Waals surface area contributed by atoms with Gasteiger partial charge in [0.15, 0.2) is 17.5 Å². The van der Waals surface area contributed by atoms with Gasteiger partial charge in [-0.1, -0.05) is 158 Å². The van der Waals surface area contributed by atoms with Crippen molar-refractivity contribution in [3.63, 3.8) is 0 Å². The van der Waals surface area contributed by atoms with Crippen molar-refractivity contribution in [2.75, 3.05) is 0 Å². The predicted molar refractivity (Wildman–Crippen MR) is 215 cm³/mol. The number of rotatable bonds is 5. The van der Waals surface area contributed by atoms with Crippen molar-refractivity contribution in [2.24, 2.45) is 0 Å². The summed E-state index contributed by atoms with van der Waals surface area (Å²) >= 11 is 1.79. The van der Waals surface area contributed by atoms with Crippen LogP contribution in [0.3, 0.4) is 0 Å². The first kappa shape index (κ1) is 29.4. The van der Waals surface area contributed by atoms with Crippen molar-refractivity contribution in [2.45, 2.75) is 0 Å². The van der Waals surface area contributed by atoms with E-state index < -0.39 is 0 Å². The molecule has 0 atom stereocenters. The maximum atomic E-state index is 5.40. The lowest BCUT2D eigenvalue weighted by atomic mass is 9.93. The van der Waals surface area contributed by atoms with E-state index in [4.69, 9.17) is 15.0 Å². The number of thiophene rings is 1. The fourth-order valence-corrected chi connectivity index (χ4v) is 8.45. The zero-order valence-electron chi connectivity index (χ0n) is 27.5. The van der Waals surface area contributed by atoms with Gasteiger partial charge in [0.25, 0.3) is 0 Å². The van der Waals surface area contributed by atoms with Crippen LogP contribution in [0, 0.1) is 0 Å². The summed E-state index contributed by atoms with van der Waals surface area (Å²) in [5, 5.41) is 8.20. The van der Waals surface area contributed by atoms with Gasteiger partial charge < -0.3 is 0 Å². The molecule has 10 rings (SSSR count). The van der Waals surface area contributed by atoms with E-state index in [1.165, 1.54) is 31.1 Å². The van der Waals surface area contributed by atoms with Crippen LogP contribution in [0.25, 0.3) is 98.1 Å². The summed E-state index contributed by atoms with van der Waals surface area (Å²) in [6, 6.07) is 62.1. The number of nitrogens with zero attached hydrogens (tertiary/aromatic N) is 3. The summed E-state index contributed by atoms with van der Waals surface area (Å²) in [5.41, 5.74) is 6.24. The van der Waals surface area contributed by atoms with Crippen LogP contribution in [0.2, 0.25) is 0 Å². The molecule has 0 amide bonds. The SMILES string of the molecule is c1ccc(-c2ccccc2-c2nc(-c3ccccc3-c3cc4ccccc4s3)nc(-c3c4ccccc4cc4c3ccc3ccccc34)n2)cc1. The molecular formula is C47H29N3S. The quantitative estimate of drug-likeness (QED) is 0.135. The van der Waals surface area contributed by atoms with E-state index in [9.17, 15) is 0 Å². The highest BCUT2D eigenvalue weighted by Gasteiger charge is 2.21. The minimum atomic E-state index is 0.641. The molecule has 0 saturated heterocycles. The van der Waals surface area contributed by atoms with Crippen molar-refractivity contribution < 1.29 is 0 Å². The van der Waals surface area contributed by atoms with Crippen LogP contribution >= 0.6 is 11.3 Å². The van der Waals surface area contributed by atoms with Crippen LogP contribution in [0.15, 0.2) is 176 Å². The van der Waals surface area contributed by atoms with Crippen LogP contribution in [0.4, 0.5) is 0 Å². The van der Waals surface area contributed by atoms with E-state index in [0.29, 0.717) is 17.5 Å². The minimum absolute atomic E-state index is 0.641. The lowest BCUT2D eigenvalue weighted by Crippen LogP contribution is -2.02. The highest BCUT2D eigenvalue weighted by atomic mass is 32.1. The van der Waals surface area contributed by atoms with Gasteiger partial charge in [-0.3, -0.25) is 0 Å². The molecule has 3 nitrogen and oxygen atoms in total. The molecule has 2 heterocycles. The van der Waals surface area contributed by atoms with Gasteiger partial charge in [0.05, 0.1) is 0 Å². The van der Waals surface area contributed by atoms with Crippen LogP contribution < -0.4 is 0 Å². The molecule has 0 aliphatic heterocycles. The second-order valence-electron chi connectivity index (χ2n) is 12.8. The Hall–Kier alpha value is -6.49. The summed E-state index contributed by atoms with van der Waals surface area (Å²) in [6.45, 7) is 0. The summed E-state index contributed by atoms with van der Waals surface area (Å²) in [6.07, 6.45) is 0. The third-order valence-corrected chi connectivity index (χ3v) is 10.9. The first-order chi connectivity index (χ1) is 25.3. The molecule has 4 heteroatoms. The summed E-state index contributed by atoms with van der Waals surface area (Å²) in [5.74, 6) is 1.94. The van der Waals surface area contributed by atoms with Crippen LogP contribution in [-0.4, -0.2) is 15.0 Å². The lowest BCUT2D eigenvalue weighted by Gasteiger charge is -2.16. The van der Waals surface area contributed by atoms with Gasteiger partial charge in [-0.2, -0.15) is 0 Å². The van der Waals surface area contributed by atoms with E-state index in [-0.39, 0.29) is 0 Å². The third-order valence-electron chi connectivity index (χ3n) is 9.74. The number of hydrogen-bond acceptors (Lipinski definition) is 4. The van der Waals surface area contributed by atoms with E-state index in [0.717, 1.165) is 49.5 Å².